The summed E-state index contributed by atoms with van der Waals surface area (Å²) in [4.78, 5) is 4.37. The number of hydrogen-bond acceptors (Lipinski definition) is 3. The molecule has 0 atom stereocenters. The SMILES string of the molecule is CCCCOCCCn1cncc1C1(C)CCNCC1. The number of nitrogens with zero attached hydrogens (tertiary/aromatic N) is 2. The molecule has 2 heterocycles. The fourth-order valence-corrected chi connectivity index (χ4v) is 2.92. The van der Waals surface area contributed by atoms with Crippen molar-refractivity contribution in [2.24, 2.45) is 0 Å². The molecule has 1 aliphatic rings. The first-order valence-corrected chi connectivity index (χ1v) is 8.05. The van der Waals surface area contributed by atoms with E-state index in [2.05, 4.69) is 34.9 Å². The lowest BCUT2D eigenvalue weighted by Crippen LogP contribution is -2.39. The van der Waals surface area contributed by atoms with Crippen LogP contribution in [0.2, 0.25) is 0 Å². The highest BCUT2D eigenvalue weighted by atomic mass is 16.5. The molecule has 1 saturated heterocycles. The third-order valence-electron chi connectivity index (χ3n) is 4.37. The summed E-state index contributed by atoms with van der Waals surface area (Å²) < 4.78 is 7.97. The van der Waals surface area contributed by atoms with Crippen LogP contribution in [0.1, 0.15) is 51.6 Å². The number of nitrogens with one attached hydrogen (secondary N) is 1. The van der Waals surface area contributed by atoms with Gasteiger partial charge in [-0.05, 0) is 38.8 Å². The molecule has 0 unspecified atom stereocenters. The quantitative estimate of drug-likeness (QED) is 0.744. The van der Waals surface area contributed by atoms with Gasteiger partial charge in [0.15, 0.2) is 0 Å². The lowest BCUT2D eigenvalue weighted by Gasteiger charge is -2.34. The van der Waals surface area contributed by atoms with Gasteiger partial charge >= 0.3 is 0 Å². The van der Waals surface area contributed by atoms with E-state index >= 15 is 0 Å². The Labute approximate surface area is 122 Å². The fourth-order valence-electron chi connectivity index (χ4n) is 2.92. The molecule has 4 heteroatoms. The number of rotatable bonds is 8. The molecule has 20 heavy (non-hydrogen) atoms. The average Bonchev–Trinajstić information content (AvgIpc) is 2.93. The molecule has 2 rings (SSSR count). The Morgan fingerprint density at radius 3 is 2.80 bits per heavy atom. The first-order valence-electron chi connectivity index (χ1n) is 8.05. The van der Waals surface area contributed by atoms with Gasteiger partial charge in [-0.15, -0.1) is 0 Å². The van der Waals surface area contributed by atoms with Crippen LogP contribution < -0.4 is 5.32 Å². The van der Waals surface area contributed by atoms with Crippen LogP contribution in [0.3, 0.4) is 0 Å². The van der Waals surface area contributed by atoms with Gasteiger partial charge in [0.05, 0.1) is 6.33 Å². The molecule has 1 aromatic rings. The van der Waals surface area contributed by atoms with Crippen LogP contribution in [0.15, 0.2) is 12.5 Å². The zero-order valence-corrected chi connectivity index (χ0v) is 13.0. The standard InChI is InChI=1S/C16H29N3O/c1-3-4-11-20-12-5-10-19-14-18-13-15(19)16(2)6-8-17-9-7-16/h13-14,17H,3-12H2,1-2H3. The molecule has 1 aliphatic heterocycles. The number of aryl methyl sites for hydroxylation is 1. The van der Waals surface area contributed by atoms with E-state index < -0.39 is 0 Å². The molecule has 0 radical (unpaired) electrons. The summed E-state index contributed by atoms with van der Waals surface area (Å²) in [6.45, 7) is 9.57. The Morgan fingerprint density at radius 1 is 1.30 bits per heavy atom. The van der Waals surface area contributed by atoms with Crippen molar-refractivity contribution in [1.82, 2.24) is 14.9 Å². The summed E-state index contributed by atoms with van der Waals surface area (Å²) in [5.74, 6) is 0. The minimum atomic E-state index is 0.283. The van der Waals surface area contributed by atoms with Crippen LogP contribution in [0.4, 0.5) is 0 Å². The van der Waals surface area contributed by atoms with Gasteiger partial charge in [-0.1, -0.05) is 20.3 Å². The van der Waals surface area contributed by atoms with Crippen molar-refractivity contribution in [3.05, 3.63) is 18.2 Å². The monoisotopic (exact) mass is 279 g/mol. The summed E-state index contributed by atoms with van der Waals surface area (Å²) in [6.07, 6.45) is 9.89. The van der Waals surface area contributed by atoms with E-state index in [0.29, 0.717) is 0 Å². The molecule has 1 aromatic heterocycles. The number of piperidine rings is 1. The Balaban J connectivity index is 1.82. The minimum Gasteiger partial charge on any atom is -0.381 e. The van der Waals surface area contributed by atoms with Gasteiger partial charge in [0.2, 0.25) is 0 Å². The molecule has 0 bridgehead atoms. The van der Waals surface area contributed by atoms with Gasteiger partial charge in [0.1, 0.15) is 0 Å². The van der Waals surface area contributed by atoms with Crippen molar-refractivity contribution in [2.45, 2.75) is 57.9 Å². The Hall–Kier alpha value is -0.870. The van der Waals surface area contributed by atoms with Gasteiger partial charge in [-0.3, -0.25) is 0 Å². The van der Waals surface area contributed by atoms with Crippen molar-refractivity contribution < 1.29 is 4.74 Å². The Bertz CT molecular complexity index is 383. The normalized spacial score (nSPS) is 18.3. The third-order valence-corrected chi connectivity index (χ3v) is 4.37. The molecule has 1 fully saturated rings. The van der Waals surface area contributed by atoms with Crippen molar-refractivity contribution in [2.75, 3.05) is 26.3 Å². The first-order chi connectivity index (χ1) is 9.76. The second-order valence-corrected chi connectivity index (χ2v) is 6.10. The van der Waals surface area contributed by atoms with E-state index in [-0.39, 0.29) is 5.41 Å². The highest BCUT2D eigenvalue weighted by Crippen LogP contribution is 2.32. The first kappa shape index (κ1) is 15.5. The predicted molar refractivity (Wildman–Crippen MR) is 82.0 cm³/mol. The zero-order chi connectivity index (χ0) is 14.3. The van der Waals surface area contributed by atoms with Crippen LogP contribution >= 0.6 is 0 Å². The van der Waals surface area contributed by atoms with Crippen LogP contribution in [-0.4, -0.2) is 35.9 Å². The molecule has 114 valence electrons. The summed E-state index contributed by atoms with van der Waals surface area (Å²) in [5.41, 5.74) is 1.68. The highest BCUT2D eigenvalue weighted by molar-refractivity contribution is 5.15. The summed E-state index contributed by atoms with van der Waals surface area (Å²) in [5, 5.41) is 3.44. The number of unbranched alkanes of at least 4 members (excludes halogenated alkanes) is 1. The van der Waals surface area contributed by atoms with Crippen molar-refractivity contribution in [1.29, 1.82) is 0 Å². The molecule has 0 aliphatic carbocycles. The van der Waals surface area contributed by atoms with Crippen molar-refractivity contribution >= 4 is 0 Å². The van der Waals surface area contributed by atoms with Gasteiger partial charge in [0, 0.05) is 37.1 Å². The highest BCUT2D eigenvalue weighted by Gasteiger charge is 2.31. The maximum Gasteiger partial charge on any atom is 0.0948 e. The van der Waals surface area contributed by atoms with Crippen LogP contribution in [0, 0.1) is 0 Å². The van der Waals surface area contributed by atoms with E-state index in [0.717, 1.165) is 39.3 Å². The minimum absolute atomic E-state index is 0.283. The zero-order valence-electron chi connectivity index (χ0n) is 13.0. The molecule has 0 aromatic carbocycles. The number of aromatic nitrogens is 2. The second-order valence-electron chi connectivity index (χ2n) is 6.10. The third kappa shape index (κ3) is 4.06. The topological polar surface area (TPSA) is 39.1 Å². The molecule has 0 saturated carbocycles. The van der Waals surface area contributed by atoms with Crippen molar-refractivity contribution in [3.8, 4) is 0 Å². The maximum absolute atomic E-state index is 5.64. The molecular weight excluding hydrogens is 250 g/mol. The van der Waals surface area contributed by atoms with E-state index in [9.17, 15) is 0 Å². The number of imidazole rings is 1. The molecule has 0 amide bonds. The Kier molecular flexibility index (Phi) is 6.05. The number of hydrogen-bond donors (Lipinski definition) is 1. The number of ether oxygens (including phenoxy) is 1. The summed E-state index contributed by atoms with van der Waals surface area (Å²) >= 11 is 0. The van der Waals surface area contributed by atoms with Gasteiger partial charge in [0.25, 0.3) is 0 Å². The van der Waals surface area contributed by atoms with Crippen LogP contribution in [0.5, 0.6) is 0 Å². The van der Waals surface area contributed by atoms with E-state index in [1.54, 1.807) is 0 Å². The predicted octanol–water partition coefficient (Wildman–Crippen LogP) is 2.73. The van der Waals surface area contributed by atoms with Crippen LogP contribution in [0.25, 0.3) is 0 Å². The van der Waals surface area contributed by atoms with E-state index in [1.807, 2.05) is 6.33 Å². The van der Waals surface area contributed by atoms with Gasteiger partial charge in [-0.2, -0.15) is 0 Å². The maximum atomic E-state index is 5.64. The van der Waals surface area contributed by atoms with E-state index in [1.165, 1.54) is 31.4 Å². The summed E-state index contributed by atoms with van der Waals surface area (Å²) in [6, 6.07) is 0. The summed E-state index contributed by atoms with van der Waals surface area (Å²) in [7, 11) is 0. The van der Waals surface area contributed by atoms with Crippen molar-refractivity contribution in [3.63, 3.8) is 0 Å². The Morgan fingerprint density at radius 2 is 2.05 bits per heavy atom. The molecule has 0 spiro atoms. The fraction of sp³-hybridized carbons (Fsp3) is 0.812. The smallest absolute Gasteiger partial charge is 0.0948 e. The van der Waals surface area contributed by atoms with Gasteiger partial charge in [-0.25, -0.2) is 4.98 Å². The lowest BCUT2D eigenvalue weighted by molar-refractivity contribution is 0.125. The average molecular weight is 279 g/mol. The second kappa shape index (κ2) is 7.79. The van der Waals surface area contributed by atoms with Crippen LogP contribution in [-0.2, 0) is 16.7 Å². The lowest BCUT2D eigenvalue weighted by atomic mass is 9.78. The molecular formula is C16H29N3O. The molecule has 1 N–H and O–H groups in total. The molecule has 4 nitrogen and oxygen atoms in total. The largest absolute Gasteiger partial charge is 0.381 e. The van der Waals surface area contributed by atoms with Gasteiger partial charge < -0.3 is 14.6 Å². The van der Waals surface area contributed by atoms with E-state index in [4.69, 9.17) is 4.74 Å².